The summed E-state index contributed by atoms with van der Waals surface area (Å²) in [5.74, 6) is 1.48. The molecule has 3 aromatic heterocycles. The highest BCUT2D eigenvalue weighted by atomic mass is 32.2. The van der Waals surface area contributed by atoms with Gasteiger partial charge in [-0.1, -0.05) is 5.16 Å². The van der Waals surface area contributed by atoms with Gasteiger partial charge in [0, 0.05) is 35.6 Å². The van der Waals surface area contributed by atoms with Crippen LogP contribution in [0.1, 0.15) is 29.2 Å². The van der Waals surface area contributed by atoms with Crippen LogP contribution in [0.15, 0.2) is 40.0 Å². The summed E-state index contributed by atoms with van der Waals surface area (Å²) in [6, 6.07) is 5.28. The van der Waals surface area contributed by atoms with E-state index in [1.54, 1.807) is 13.1 Å². The summed E-state index contributed by atoms with van der Waals surface area (Å²) in [7, 11) is -1.48. The number of nitrogens with zero attached hydrogens (tertiary/aromatic N) is 4. The number of pyridine rings is 1. The largest absolute Gasteiger partial charge is 0.495 e. The number of nitrogens with one attached hydrogen (secondary N) is 1. The summed E-state index contributed by atoms with van der Waals surface area (Å²) in [6.07, 6.45) is 4.65. The van der Waals surface area contributed by atoms with Crippen molar-refractivity contribution >= 4 is 26.8 Å². The standard InChI is InChI=1S/C23H23N5O6S/c1-12-7-17(31-2)21(23(25-12)32-3)35(29,30)27-22-19-16(34-26-22)9-13(10-28-6-4-5-24-28)18-15-8-14(15)11-33-20(18)19/h4-7,9,14-15H,8,10-11H2,1-3H3,(H,26,27). The number of methoxy groups -OCH3 is 2. The third-order valence-electron chi connectivity index (χ3n) is 6.42. The molecule has 4 aromatic rings. The Kier molecular flexibility index (Phi) is 4.88. The minimum Gasteiger partial charge on any atom is -0.495 e. The van der Waals surface area contributed by atoms with E-state index in [2.05, 4.69) is 20.0 Å². The Labute approximate surface area is 201 Å². The molecule has 6 rings (SSSR count). The van der Waals surface area contributed by atoms with E-state index in [1.165, 1.54) is 20.3 Å². The fourth-order valence-corrected chi connectivity index (χ4v) is 6.02. The highest BCUT2D eigenvalue weighted by molar-refractivity contribution is 7.93. The number of aromatic nitrogens is 4. The van der Waals surface area contributed by atoms with Gasteiger partial charge in [0.1, 0.15) is 16.9 Å². The Balaban J connectivity index is 1.47. The molecule has 1 aliphatic carbocycles. The SMILES string of the molecule is COc1cc(C)nc(OC)c1S(=O)(=O)Nc1noc2cc(Cn3cccn3)c3c(c12)OCC1CC31. The zero-order chi connectivity index (χ0) is 24.3. The Morgan fingerprint density at radius 1 is 1.26 bits per heavy atom. The zero-order valence-corrected chi connectivity index (χ0v) is 20.1. The summed E-state index contributed by atoms with van der Waals surface area (Å²) in [5.41, 5.74) is 3.04. The van der Waals surface area contributed by atoms with Gasteiger partial charge in [-0.3, -0.25) is 9.40 Å². The van der Waals surface area contributed by atoms with Crippen LogP contribution in [0.5, 0.6) is 17.4 Å². The van der Waals surface area contributed by atoms with E-state index in [9.17, 15) is 8.42 Å². The normalized spacial score (nSPS) is 18.5. The number of aryl methyl sites for hydroxylation is 1. The van der Waals surface area contributed by atoms with Crippen LogP contribution in [0, 0.1) is 12.8 Å². The second-order valence-corrected chi connectivity index (χ2v) is 10.3. The van der Waals surface area contributed by atoms with Gasteiger partial charge in [0.25, 0.3) is 10.0 Å². The molecule has 2 unspecified atom stereocenters. The van der Waals surface area contributed by atoms with Gasteiger partial charge >= 0.3 is 0 Å². The van der Waals surface area contributed by atoms with Crippen molar-refractivity contribution in [3.8, 4) is 17.4 Å². The van der Waals surface area contributed by atoms with E-state index in [0.717, 1.165) is 17.5 Å². The maximum absolute atomic E-state index is 13.5. The number of hydrogen-bond acceptors (Lipinski definition) is 9. The fourth-order valence-electron chi connectivity index (χ4n) is 4.76. The smallest absolute Gasteiger partial charge is 0.272 e. The molecule has 2 atom stereocenters. The lowest BCUT2D eigenvalue weighted by Gasteiger charge is -2.21. The molecule has 4 heterocycles. The van der Waals surface area contributed by atoms with Crippen molar-refractivity contribution in [1.29, 1.82) is 0 Å². The van der Waals surface area contributed by atoms with E-state index in [1.807, 2.05) is 23.0 Å². The lowest BCUT2D eigenvalue weighted by atomic mass is 9.96. The molecule has 2 aliphatic rings. The van der Waals surface area contributed by atoms with E-state index < -0.39 is 10.0 Å². The van der Waals surface area contributed by atoms with E-state index >= 15 is 0 Å². The van der Waals surface area contributed by atoms with Gasteiger partial charge in [-0.05, 0) is 37.0 Å². The van der Waals surface area contributed by atoms with Crippen molar-refractivity contribution < 1.29 is 27.2 Å². The molecule has 1 saturated carbocycles. The predicted molar refractivity (Wildman–Crippen MR) is 125 cm³/mol. The van der Waals surface area contributed by atoms with Crippen LogP contribution >= 0.6 is 0 Å². The van der Waals surface area contributed by atoms with Gasteiger partial charge in [0.05, 0.1) is 27.4 Å². The van der Waals surface area contributed by atoms with Crippen molar-refractivity contribution in [2.45, 2.75) is 30.7 Å². The first-order valence-electron chi connectivity index (χ1n) is 11.1. The van der Waals surface area contributed by atoms with Crippen molar-refractivity contribution in [2.24, 2.45) is 5.92 Å². The lowest BCUT2D eigenvalue weighted by Crippen LogP contribution is -2.17. The third-order valence-corrected chi connectivity index (χ3v) is 7.79. The van der Waals surface area contributed by atoms with Gasteiger partial charge in [0.15, 0.2) is 16.3 Å². The maximum Gasteiger partial charge on any atom is 0.272 e. The molecular formula is C23H23N5O6S. The minimum absolute atomic E-state index is 0.0330. The van der Waals surface area contributed by atoms with Crippen LogP contribution in [-0.4, -0.2) is 49.2 Å². The van der Waals surface area contributed by atoms with Crippen LogP contribution in [0.3, 0.4) is 0 Å². The number of sulfonamides is 1. The second kappa shape index (κ2) is 7.87. The highest BCUT2D eigenvalue weighted by Gasteiger charge is 2.46. The molecule has 0 amide bonds. The minimum atomic E-state index is -4.21. The predicted octanol–water partition coefficient (Wildman–Crippen LogP) is 3.09. The number of anilines is 1. The molecule has 1 aromatic carbocycles. The highest BCUT2D eigenvalue weighted by Crippen LogP contribution is 2.57. The second-order valence-electron chi connectivity index (χ2n) is 8.71. The third kappa shape index (κ3) is 3.55. The van der Waals surface area contributed by atoms with E-state index in [-0.39, 0.29) is 22.3 Å². The molecule has 0 bridgehead atoms. The topological polar surface area (TPSA) is 131 Å². The molecule has 0 spiro atoms. The van der Waals surface area contributed by atoms with Gasteiger partial charge < -0.3 is 18.7 Å². The quantitative estimate of drug-likeness (QED) is 0.409. The van der Waals surface area contributed by atoms with Gasteiger partial charge in [-0.2, -0.15) is 5.10 Å². The number of hydrogen-bond donors (Lipinski definition) is 1. The average molecular weight is 498 g/mol. The molecule has 12 heteroatoms. The van der Waals surface area contributed by atoms with Gasteiger partial charge in [0.2, 0.25) is 5.88 Å². The Hall–Kier alpha value is -3.80. The van der Waals surface area contributed by atoms with E-state index in [0.29, 0.717) is 47.4 Å². The number of benzene rings is 1. The molecule has 0 radical (unpaired) electrons. The summed E-state index contributed by atoms with van der Waals surface area (Å²) in [6.45, 7) is 2.83. The van der Waals surface area contributed by atoms with Crippen molar-refractivity contribution in [2.75, 3.05) is 25.5 Å². The Morgan fingerprint density at radius 3 is 2.86 bits per heavy atom. The zero-order valence-electron chi connectivity index (χ0n) is 19.3. The number of rotatable bonds is 7. The van der Waals surface area contributed by atoms with Crippen LogP contribution in [0.25, 0.3) is 11.0 Å². The van der Waals surface area contributed by atoms with Crippen LogP contribution in [-0.2, 0) is 16.6 Å². The van der Waals surface area contributed by atoms with Gasteiger partial charge in [-0.15, -0.1) is 0 Å². The van der Waals surface area contributed by atoms with Crippen LogP contribution < -0.4 is 18.9 Å². The molecule has 182 valence electrons. The molecule has 35 heavy (non-hydrogen) atoms. The molecular weight excluding hydrogens is 474 g/mol. The monoisotopic (exact) mass is 497 g/mol. The number of ether oxygens (including phenoxy) is 3. The molecule has 1 N–H and O–H groups in total. The molecule has 1 fully saturated rings. The first kappa shape index (κ1) is 21.7. The summed E-state index contributed by atoms with van der Waals surface area (Å²) in [4.78, 5) is 3.97. The summed E-state index contributed by atoms with van der Waals surface area (Å²) in [5, 5.41) is 8.85. The first-order valence-corrected chi connectivity index (χ1v) is 12.6. The van der Waals surface area contributed by atoms with Crippen molar-refractivity contribution in [1.82, 2.24) is 19.9 Å². The Morgan fingerprint density at radius 2 is 2.11 bits per heavy atom. The lowest BCUT2D eigenvalue weighted by molar-refractivity contribution is 0.282. The maximum atomic E-state index is 13.5. The van der Waals surface area contributed by atoms with E-state index in [4.69, 9.17) is 18.7 Å². The van der Waals surface area contributed by atoms with Gasteiger partial charge in [-0.25, -0.2) is 13.4 Å². The molecule has 1 aliphatic heterocycles. The molecule has 11 nitrogen and oxygen atoms in total. The van der Waals surface area contributed by atoms with Crippen LogP contribution in [0.4, 0.5) is 5.82 Å². The molecule has 0 saturated heterocycles. The van der Waals surface area contributed by atoms with Crippen molar-refractivity contribution in [3.63, 3.8) is 0 Å². The van der Waals surface area contributed by atoms with Crippen molar-refractivity contribution in [3.05, 3.63) is 47.4 Å². The Bertz CT molecular complexity index is 1520. The number of fused-ring (bicyclic) bond motifs is 5. The summed E-state index contributed by atoms with van der Waals surface area (Å²) < 4.78 is 53.6. The van der Waals surface area contributed by atoms with Crippen LogP contribution in [0.2, 0.25) is 0 Å². The fraction of sp³-hybridized carbons (Fsp3) is 0.348. The average Bonchev–Trinajstić information content (AvgIpc) is 3.26. The first-order chi connectivity index (χ1) is 16.9. The summed E-state index contributed by atoms with van der Waals surface area (Å²) >= 11 is 0.